The molecule has 1 aliphatic heterocycles. The molecule has 2 amide bonds. The zero-order valence-electron chi connectivity index (χ0n) is 12.9. The minimum Gasteiger partial charge on any atom is -0.350 e. The van der Waals surface area contributed by atoms with Gasteiger partial charge in [-0.1, -0.05) is 42.5 Å². The summed E-state index contributed by atoms with van der Waals surface area (Å²) in [5, 5.41) is 5.89. The van der Waals surface area contributed by atoms with E-state index in [2.05, 4.69) is 35.4 Å². The lowest BCUT2D eigenvalue weighted by Gasteiger charge is -2.14. The van der Waals surface area contributed by atoms with Gasteiger partial charge in [-0.05, 0) is 47.6 Å². The van der Waals surface area contributed by atoms with Gasteiger partial charge in [-0.15, -0.1) is 0 Å². The minimum absolute atomic E-state index is 0.0724. The summed E-state index contributed by atoms with van der Waals surface area (Å²) in [6.45, 7) is 0.506. The second-order valence-corrected chi connectivity index (χ2v) is 6.21. The SMILES string of the molecule is NC(=O)N1CC(c2ccccc2)C(c2ccc3c(c2)CCC3)=N1. The van der Waals surface area contributed by atoms with Gasteiger partial charge in [0.05, 0.1) is 12.3 Å². The molecule has 0 spiro atoms. The number of urea groups is 1. The molecular formula is C19H19N3O. The van der Waals surface area contributed by atoms with E-state index in [1.54, 1.807) is 0 Å². The fraction of sp³-hybridized carbons (Fsp3) is 0.263. The molecule has 4 rings (SSSR count). The van der Waals surface area contributed by atoms with Crippen LogP contribution in [0.1, 0.15) is 34.6 Å². The van der Waals surface area contributed by atoms with Crippen LogP contribution >= 0.6 is 0 Å². The quantitative estimate of drug-likeness (QED) is 0.911. The summed E-state index contributed by atoms with van der Waals surface area (Å²) in [4.78, 5) is 11.6. The van der Waals surface area contributed by atoms with Crippen molar-refractivity contribution < 1.29 is 4.79 Å². The summed E-state index contributed by atoms with van der Waals surface area (Å²) in [6.07, 6.45) is 3.52. The van der Waals surface area contributed by atoms with Gasteiger partial charge in [-0.3, -0.25) is 0 Å². The summed E-state index contributed by atoms with van der Waals surface area (Å²) in [5.41, 5.74) is 11.5. The Morgan fingerprint density at radius 3 is 2.65 bits per heavy atom. The highest BCUT2D eigenvalue weighted by atomic mass is 16.2. The van der Waals surface area contributed by atoms with E-state index in [1.807, 2.05) is 18.2 Å². The van der Waals surface area contributed by atoms with E-state index in [0.717, 1.165) is 29.7 Å². The molecule has 1 aliphatic carbocycles. The van der Waals surface area contributed by atoms with Crippen LogP contribution in [0.25, 0.3) is 0 Å². The standard InChI is InChI=1S/C19H19N3O/c20-19(23)22-12-17(14-5-2-1-3-6-14)18(21-22)16-10-9-13-7-4-8-15(13)11-16/h1-3,5-6,9-11,17H,4,7-8,12H2,(H2,20,23). The van der Waals surface area contributed by atoms with Crippen molar-refractivity contribution in [1.82, 2.24) is 5.01 Å². The fourth-order valence-electron chi connectivity index (χ4n) is 3.58. The van der Waals surface area contributed by atoms with Gasteiger partial charge in [-0.2, -0.15) is 5.10 Å². The van der Waals surface area contributed by atoms with Gasteiger partial charge in [0.1, 0.15) is 0 Å². The lowest BCUT2D eigenvalue weighted by atomic mass is 9.89. The molecule has 0 radical (unpaired) electrons. The number of benzene rings is 2. The molecule has 0 fully saturated rings. The van der Waals surface area contributed by atoms with E-state index < -0.39 is 6.03 Å². The topological polar surface area (TPSA) is 58.7 Å². The van der Waals surface area contributed by atoms with Gasteiger partial charge < -0.3 is 5.73 Å². The van der Waals surface area contributed by atoms with Gasteiger partial charge in [0, 0.05) is 5.92 Å². The minimum atomic E-state index is -0.498. The van der Waals surface area contributed by atoms with Crippen LogP contribution < -0.4 is 5.73 Å². The van der Waals surface area contributed by atoms with Crippen LogP contribution in [0.4, 0.5) is 4.79 Å². The monoisotopic (exact) mass is 305 g/mol. The van der Waals surface area contributed by atoms with Crippen molar-refractivity contribution in [3.8, 4) is 0 Å². The first kappa shape index (κ1) is 14.0. The Morgan fingerprint density at radius 2 is 1.87 bits per heavy atom. The van der Waals surface area contributed by atoms with E-state index in [1.165, 1.54) is 22.6 Å². The van der Waals surface area contributed by atoms with Crippen LogP contribution in [0.2, 0.25) is 0 Å². The van der Waals surface area contributed by atoms with E-state index in [-0.39, 0.29) is 5.92 Å². The highest BCUT2D eigenvalue weighted by Crippen LogP contribution is 2.31. The molecule has 0 aromatic heterocycles. The maximum atomic E-state index is 11.6. The Kier molecular flexibility index (Phi) is 3.37. The summed E-state index contributed by atoms with van der Waals surface area (Å²) < 4.78 is 0. The number of carbonyl (C=O) groups excluding carboxylic acids is 1. The van der Waals surface area contributed by atoms with Gasteiger partial charge >= 0.3 is 6.03 Å². The van der Waals surface area contributed by atoms with Crippen LogP contribution in [0.5, 0.6) is 0 Å². The lowest BCUT2D eigenvalue weighted by Crippen LogP contribution is -2.30. The molecule has 2 aliphatic rings. The number of carbonyl (C=O) groups is 1. The van der Waals surface area contributed by atoms with E-state index in [9.17, 15) is 4.79 Å². The number of aryl methyl sites for hydroxylation is 2. The third kappa shape index (κ3) is 2.50. The van der Waals surface area contributed by atoms with Crippen LogP contribution in [0.3, 0.4) is 0 Å². The number of nitrogens with two attached hydrogens (primary N) is 1. The van der Waals surface area contributed by atoms with Crippen LogP contribution in [-0.2, 0) is 12.8 Å². The van der Waals surface area contributed by atoms with E-state index in [0.29, 0.717) is 6.54 Å². The Labute approximate surface area is 135 Å². The number of hydrazone groups is 1. The molecule has 2 N–H and O–H groups in total. The normalized spacial score (nSPS) is 19.6. The lowest BCUT2D eigenvalue weighted by molar-refractivity contribution is 0.214. The van der Waals surface area contributed by atoms with Crippen molar-refractivity contribution in [2.75, 3.05) is 6.54 Å². The van der Waals surface area contributed by atoms with Crippen LogP contribution in [0, 0.1) is 0 Å². The molecule has 0 saturated heterocycles. The summed E-state index contributed by atoms with van der Waals surface area (Å²) in [7, 11) is 0. The molecule has 116 valence electrons. The van der Waals surface area contributed by atoms with Crippen LogP contribution in [0.15, 0.2) is 53.6 Å². The first-order chi connectivity index (χ1) is 11.2. The van der Waals surface area contributed by atoms with Gasteiger partial charge in [-0.25, -0.2) is 9.80 Å². The third-order valence-corrected chi connectivity index (χ3v) is 4.76. The first-order valence-corrected chi connectivity index (χ1v) is 8.05. The fourth-order valence-corrected chi connectivity index (χ4v) is 3.58. The second-order valence-electron chi connectivity index (χ2n) is 6.21. The number of amides is 2. The van der Waals surface area contributed by atoms with Crippen molar-refractivity contribution in [2.45, 2.75) is 25.2 Å². The molecule has 1 heterocycles. The van der Waals surface area contributed by atoms with Crippen molar-refractivity contribution >= 4 is 11.7 Å². The Balaban J connectivity index is 1.76. The summed E-state index contributed by atoms with van der Waals surface area (Å²) in [6, 6.07) is 16.3. The molecule has 4 heteroatoms. The molecule has 1 atom stereocenters. The third-order valence-electron chi connectivity index (χ3n) is 4.76. The van der Waals surface area contributed by atoms with E-state index >= 15 is 0 Å². The number of hydrogen-bond donors (Lipinski definition) is 1. The number of nitrogens with zero attached hydrogens (tertiary/aromatic N) is 2. The van der Waals surface area contributed by atoms with Gasteiger partial charge in [0.25, 0.3) is 0 Å². The van der Waals surface area contributed by atoms with Crippen LogP contribution in [-0.4, -0.2) is 23.3 Å². The molecule has 4 nitrogen and oxygen atoms in total. The Morgan fingerprint density at radius 1 is 1.09 bits per heavy atom. The van der Waals surface area contributed by atoms with E-state index in [4.69, 9.17) is 5.73 Å². The number of fused-ring (bicyclic) bond motifs is 1. The average molecular weight is 305 g/mol. The molecule has 0 saturated carbocycles. The average Bonchev–Trinajstić information content (AvgIpc) is 3.22. The maximum Gasteiger partial charge on any atom is 0.335 e. The summed E-state index contributed by atoms with van der Waals surface area (Å²) in [5.74, 6) is 0.0724. The number of hydrogen-bond acceptors (Lipinski definition) is 2. The Bertz CT molecular complexity index is 782. The second kappa shape index (κ2) is 5.54. The Hall–Kier alpha value is -2.62. The largest absolute Gasteiger partial charge is 0.350 e. The highest BCUT2D eigenvalue weighted by Gasteiger charge is 2.31. The van der Waals surface area contributed by atoms with Crippen molar-refractivity contribution in [3.05, 3.63) is 70.8 Å². The predicted molar refractivity (Wildman–Crippen MR) is 90.5 cm³/mol. The molecule has 2 aromatic rings. The van der Waals surface area contributed by atoms with Gasteiger partial charge in [0.2, 0.25) is 0 Å². The zero-order chi connectivity index (χ0) is 15.8. The molecule has 2 aromatic carbocycles. The molecule has 1 unspecified atom stereocenters. The number of rotatable bonds is 2. The van der Waals surface area contributed by atoms with Gasteiger partial charge in [0.15, 0.2) is 0 Å². The number of primary amides is 1. The smallest absolute Gasteiger partial charge is 0.335 e. The molecular weight excluding hydrogens is 286 g/mol. The predicted octanol–water partition coefficient (Wildman–Crippen LogP) is 3.06. The zero-order valence-corrected chi connectivity index (χ0v) is 12.9. The first-order valence-electron chi connectivity index (χ1n) is 8.05. The van der Waals surface area contributed by atoms with Crippen molar-refractivity contribution in [2.24, 2.45) is 10.8 Å². The highest BCUT2D eigenvalue weighted by molar-refractivity contribution is 6.07. The molecule has 0 bridgehead atoms. The molecule has 23 heavy (non-hydrogen) atoms. The van der Waals surface area contributed by atoms with Crippen molar-refractivity contribution in [3.63, 3.8) is 0 Å². The maximum absolute atomic E-state index is 11.6. The summed E-state index contributed by atoms with van der Waals surface area (Å²) >= 11 is 0. The van der Waals surface area contributed by atoms with Crippen molar-refractivity contribution in [1.29, 1.82) is 0 Å².